The lowest BCUT2D eigenvalue weighted by atomic mass is 10.0. The second kappa shape index (κ2) is 5.29. The van der Waals surface area contributed by atoms with Crippen molar-refractivity contribution in [2.75, 3.05) is 12.4 Å². The summed E-state index contributed by atoms with van der Waals surface area (Å²) in [6.45, 7) is 1.53. The summed E-state index contributed by atoms with van der Waals surface area (Å²) in [5.74, 6) is 0.725. The van der Waals surface area contributed by atoms with Gasteiger partial charge in [-0.25, -0.2) is 0 Å². The Morgan fingerprint density at radius 2 is 1.79 bits per heavy atom. The molecule has 0 unspecified atom stereocenters. The largest absolute Gasteiger partial charge is 0.394 e. The van der Waals surface area contributed by atoms with Crippen molar-refractivity contribution in [1.82, 2.24) is 0 Å². The first-order valence-electron chi connectivity index (χ1n) is 4.54. The summed E-state index contributed by atoms with van der Waals surface area (Å²) in [5, 5.41) is 37.2. The van der Waals surface area contributed by atoms with Crippen LogP contribution in [-0.4, -0.2) is 62.6 Å². The Morgan fingerprint density at radius 3 is 2.29 bits per heavy atom. The molecule has 5 nitrogen and oxygen atoms in total. The van der Waals surface area contributed by atoms with Gasteiger partial charge >= 0.3 is 0 Å². The molecule has 14 heavy (non-hydrogen) atoms. The van der Waals surface area contributed by atoms with Gasteiger partial charge in [0.15, 0.2) is 0 Å². The lowest BCUT2D eigenvalue weighted by Crippen LogP contribution is -2.57. The standard InChI is InChI=1S/C8H16O5S/c1-2-14-8-7(12)6(11)5(10)4(3-9)13-8/h4-12H,2-3H2,1H3/t4-,5+,6-,7-,8+/m1/s1. The van der Waals surface area contributed by atoms with Crippen LogP contribution in [0.2, 0.25) is 0 Å². The van der Waals surface area contributed by atoms with Gasteiger partial charge in [0.05, 0.1) is 6.61 Å². The minimum absolute atomic E-state index is 0.369. The summed E-state index contributed by atoms with van der Waals surface area (Å²) in [7, 11) is 0. The molecule has 0 amide bonds. The van der Waals surface area contributed by atoms with Crippen LogP contribution in [0, 0.1) is 0 Å². The first kappa shape index (κ1) is 12.2. The molecule has 6 heteroatoms. The van der Waals surface area contributed by atoms with Crippen molar-refractivity contribution in [2.24, 2.45) is 0 Å². The summed E-state index contributed by atoms with van der Waals surface area (Å²) < 4.78 is 5.22. The zero-order chi connectivity index (χ0) is 10.7. The number of aliphatic hydroxyl groups is 4. The lowest BCUT2D eigenvalue weighted by Gasteiger charge is -2.39. The lowest BCUT2D eigenvalue weighted by molar-refractivity contribution is -0.205. The first-order chi connectivity index (χ1) is 6.61. The molecule has 1 rings (SSSR count). The van der Waals surface area contributed by atoms with Crippen molar-refractivity contribution >= 4 is 11.8 Å². The zero-order valence-electron chi connectivity index (χ0n) is 7.91. The number of hydrogen-bond donors (Lipinski definition) is 4. The molecule has 4 N–H and O–H groups in total. The summed E-state index contributed by atoms with van der Waals surface area (Å²) in [6, 6.07) is 0. The van der Waals surface area contributed by atoms with E-state index in [0.29, 0.717) is 0 Å². The van der Waals surface area contributed by atoms with Gasteiger partial charge in [-0.3, -0.25) is 0 Å². The van der Waals surface area contributed by atoms with Gasteiger partial charge in [0.1, 0.15) is 29.9 Å². The topological polar surface area (TPSA) is 90.2 Å². The average Bonchev–Trinajstić information content (AvgIpc) is 2.19. The second-order valence-corrected chi connectivity index (χ2v) is 4.53. The molecule has 0 radical (unpaired) electrons. The van der Waals surface area contributed by atoms with E-state index >= 15 is 0 Å². The Hall–Kier alpha value is 0.150. The maximum atomic E-state index is 9.51. The zero-order valence-corrected chi connectivity index (χ0v) is 8.72. The van der Waals surface area contributed by atoms with Crippen LogP contribution in [0.1, 0.15) is 6.92 Å². The van der Waals surface area contributed by atoms with Crippen LogP contribution in [-0.2, 0) is 4.74 Å². The van der Waals surface area contributed by atoms with Gasteiger partial charge < -0.3 is 25.2 Å². The second-order valence-electron chi connectivity index (χ2n) is 3.15. The van der Waals surface area contributed by atoms with Crippen LogP contribution in [0.4, 0.5) is 0 Å². The molecule has 1 aliphatic heterocycles. The van der Waals surface area contributed by atoms with E-state index in [4.69, 9.17) is 9.84 Å². The van der Waals surface area contributed by atoms with Crippen molar-refractivity contribution in [3.63, 3.8) is 0 Å². The van der Waals surface area contributed by atoms with Gasteiger partial charge in [-0.1, -0.05) is 6.92 Å². The molecule has 0 aromatic heterocycles. The minimum Gasteiger partial charge on any atom is -0.394 e. The Bertz CT molecular complexity index is 175. The van der Waals surface area contributed by atoms with E-state index in [0.717, 1.165) is 5.75 Å². The number of thioether (sulfide) groups is 1. The normalized spacial score (nSPS) is 43.9. The van der Waals surface area contributed by atoms with Crippen LogP contribution < -0.4 is 0 Å². The van der Waals surface area contributed by atoms with E-state index in [1.165, 1.54) is 11.8 Å². The summed E-state index contributed by atoms with van der Waals surface area (Å²) in [4.78, 5) is 0. The van der Waals surface area contributed by atoms with Gasteiger partial charge in [-0.05, 0) is 5.75 Å². The third-order valence-corrected chi connectivity index (χ3v) is 3.23. The van der Waals surface area contributed by atoms with E-state index in [2.05, 4.69) is 0 Å². The Morgan fingerprint density at radius 1 is 1.14 bits per heavy atom. The molecule has 0 aromatic carbocycles. The quantitative estimate of drug-likeness (QED) is 0.468. The number of aliphatic hydroxyl groups excluding tert-OH is 4. The molecule has 84 valence electrons. The van der Waals surface area contributed by atoms with Gasteiger partial charge in [-0.15, -0.1) is 11.8 Å². The maximum Gasteiger partial charge on any atom is 0.132 e. The molecule has 1 fully saturated rings. The highest BCUT2D eigenvalue weighted by molar-refractivity contribution is 7.99. The predicted octanol–water partition coefficient (Wildman–Crippen LogP) is -1.46. The van der Waals surface area contributed by atoms with E-state index in [-0.39, 0.29) is 6.61 Å². The van der Waals surface area contributed by atoms with Gasteiger partial charge in [0, 0.05) is 0 Å². The highest BCUT2D eigenvalue weighted by atomic mass is 32.2. The fraction of sp³-hybridized carbons (Fsp3) is 1.00. The molecule has 0 aliphatic carbocycles. The molecule has 0 aromatic rings. The number of rotatable bonds is 3. The number of ether oxygens (including phenoxy) is 1. The van der Waals surface area contributed by atoms with E-state index in [9.17, 15) is 15.3 Å². The highest BCUT2D eigenvalue weighted by Gasteiger charge is 2.43. The van der Waals surface area contributed by atoms with Crippen molar-refractivity contribution in [2.45, 2.75) is 36.8 Å². The predicted molar refractivity (Wildman–Crippen MR) is 51.9 cm³/mol. The van der Waals surface area contributed by atoms with Crippen LogP contribution in [0.25, 0.3) is 0 Å². The van der Waals surface area contributed by atoms with E-state index in [1.54, 1.807) is 0 Å². The van der Waals surface area contributed by atoms with Crippen molar-refractivity contribution in [3.05, 3.63) is 0 Å². The Kier molecular flexibility index (Phi) is 4.62. The van der Waals surface area contributed by atoms with Crippen molar-refractivity contribution in [3.8, 4) is 0 Å². The molecule has 0 spiro atoms. The van der Waals surface area contributed by atoms with Crippen LogP contribution in [0.3, 0.4) is 0 Å². The van der Waals surface area contributed by atoms with Crippen molar-refractivity contribution < 1.29 is 25.2 Å². The first-order valence-corrected chi connectivity index (χ1v) is 5.58. The van der Waals surface area contributed by atoms with E-state index in [1.807, 2.05) is 6.92 Å². The minimum atomic E-state index is -1.26. The van der Waals surface area contributed by atoms with Crippen LogP contribution >= 0.6 is 11.8 Å². The molecular formula is C8H16O5S. The number of hydrogen-bond acceptors (Lipinski definition) is 6. The molecule has 0 saturated carbocycles. The fourth-order valence-electron chi connectivity index (χ4n) is 1.37. The summed E-state index contributed by atoms with van der Waals surface area (Å²) >= 11 is 1.33. The maximum absolute atomic E-state index is 9.51. The fourth-order valence-corrected chi connectivity index (χ4v) is 2.28. The Labute approximate surface area is 86.7 Å². The highest BCUT2D eigenvalue weighted by Crippen LogP contribution is 2.27. The third kappa shape index (κ3) is 2.39. The SMILES string of the molecule is CCS[C@@H]1O[C@H](CO)[C@H](O)[C@@H](O)[C@H]1O. The van der Waals surface area contributed by atoms with Crippen molar-refractivity contribution in [1.29, 1.82) is 0 Å². The summed E-state index contributed by atoms with van der Waals surface area (Å²) in [5.41, 5.74) is -0.587. The molecule has 1 aliphatic rings. The van der Waals surface area contributed by atoms with Crippen LogP contribution in [0.15, 0.2) is 0 Å². The third-order valence-electron chi connectivity index (χ3n) is 2.18. The Balaban J connectivity index is 2.63. The summed E-state index contributed by atoms with van der Waals surface area (Å²) in [6.07, 6.45) is -4.43. The van der Waals surface area contributed by atoms with E-state index < -0.39 is 29.9 Å². The van der Waals surface area contributed by atoms with Gasteiger partial charge in [0.2, 0.25) is 0 Å². The van der Waals surface area contributed by atoms with Crippen LogP contribution in [0.5, 0.6) is 0 Å². The smallest absolute Gasteiger partial charge is 0.132 e. The molecular weight excluding hydrogens is 208 g/mol. The van der Waals surface area contributed by atoms with Gasteiger partial charge in [0.25, 0.3) is 0 Å². The molecule has 1 heterocycles. The molecule has 1 saturated heterocycles. The molecule has 5 atom stereocenters. The average molecular weight is 224 g/mol. The van der Waals surface area contributed by atoms with Gasteiger partial charge in [-0.2, -0.15) is 0 Å². The monoisotopic (exact) mass is 224 g/mol. The molecule has 0 bridgehead atoms.